The molecule has 1 aliphatic heterocycles. The molecule has 5 nitrogen and oxygen atoms in total. The molecule has 0 amide bonds. The number of halogens is 1. The van der Waals surface area contributed by atoms with Crippen LogP contribution >= 0.6 is 11.6 Å². The van der Waals surface area contributed by atoms with E-state index >= 15 is 0 Å². The summed E-state index contributed by atoms with van der Waals surface area (Å²) in [5.74, 6) is 1.23. The van der Waals surface area contributed by atoms with E-state index < -0.39 is 9.84 Å². The Morgan fingerprint density at radius 3 is 2.68 bits per heavy atom. The zero-order valence-electron chi connectivity index (χ0n) is 10.9. The fourth-order valence-electron chi connectivity index (χ4n) is 2.21. The summed E-state index contributed by atoms with van der Waals surface area (Å²) >= 11 is 6.08. The zero-order valence-corrected chi connectivity index (χ0v) is 12.5. The van der Waals surface area contributed by atoms with Gasteiger partial charge in [0, 0.05) is 11.6 Å². The number of nitrogens with zero attached hydrogens (tertiary/aromatic N) is 2. The first-order chi connectivity index (χ1) is 9.02. The van der Waals surface area contributed by atoms with E-state index in [1.165, 1.54) is 6.33 Å². The van der Waals surface area contributed by atoms with Crippen LogP contribution < -0.4 is 5.32 Å². The summed E-state index contributed by atoms with van der Waals surface area (Å²) in [6, 6.07) is 0.144. The summed E-state index contributed by atoms with van der Waals surface area (Å²) < 4.78 is 22.8. The molecule has 7 heteroatoms. The van der Waals surface area contributed by atoms with Gasteiger partial charge in [-0.3, -0.25) is 0 Å². The Morgan fingerprint density at radius 1 is 1.37 bits per heavy atom. The second kappa shape index (κ2) is 6.05. The number of hydrogen-bond donors (Lipinski definition) is 1. The van der Waals surface area contributed by atoms with Gasteiger partial charge in [-0.15, -0.1) is 0 Å². The van der Waals surface area contributed by atoms with Crippen molar-refractivity contribution in [2.24, 2.45) is 0 Å². The molecule has 0 unspecified atom stereocenters. The number of nitrogens with one attached hydrogen (secondary N) is 1. The van der Waals surface area contributed by atoms with E-state index in [1.54, 1.807) is 0 Å². The molecule has 1 fully saturated rings. The lowest BCUT2D eigenvalue weighted by atomic mass is 10.1. The maximum atomic E-state index is 11.4. The van der Waals surface area contributed by atoms with E-state index in [0.717, 1.165) is 24.2 Å². The highest BCUT2D eigenvalue weighted by Gasteiger charge is 2.24. The molecule has 0 bridgehead atoms. The van der Waals surface area contributed by atoms with Gasteiger partial charge in [-0.1, -0.05) is 24.9 Å². The van der Waals surface area contributed by atoms with Crippen molar-refractivity contribution in [3.8, 4) is 0 Å². The topological polar surface area (TPSA) is 72.0 Å². The summed E-state index contributed by atoms with van der Waals surface area (Å²) in [5, 5.41) is 3.79. The number of hydrogen-bond acceptors (Lipinski definition) is 5. The molecule has 2 heterocycles. The fourth-order valence-corrected chi connectivity index (χ4v) is 3.93. The van der Waals surface area contributed by atoms with Crippen LogP contribution in [-0.4, -0.2) is 35.9 Å². The number of aromatic nitrogens is 2. The molecule has 0 aliphatic carbocycles. The molecule has 0 spiro atoms. The molecule has 2 rings (SSSR count). The lowest BCUT2D eigenvalue weighted by molar-refractivity contribution is 0.558. The van der Waals surface area contributed by atoms with Crippen LogP contribution in [0.4, 0.5) is 5.82 Å². The Bertz CT molecular complexity index is 534. The SMILES string of the molecule is CCCc1c(Cl)ncnc1NC1CCS(=O)(=O)CC1. The molecule has 19 heavy (non-hydrogen) atoms. The van der Waals surface area contributed by atoms with Crippen molar-refractivity contribution in [2.45, 2.75) is 38.6 Å². The van der Waals surface area contributed by atoms with Gasteiger partial charge in [-0.2, -0.15) is 0 Å². The normalized spacial score (nSPS) is 19.3. The first-order valence-electron chi connectivity index (χ1n) is 6.48. The summed E-state index contributed by atoms with van der Waals surface area (Å²) in [6.07, 6.45) is 4.45. The Hall–Kier alpha value is -0.880. The van der Waals surface area contributed by atoms with Crippen LogP contribution in [0.3, 0.4) is 0 Å². The second-order valence-corrected chi connectivity index (χ2v) is 7.47. The van der Waals surface area contributed by atoms with Crippen molar-refractivity contribution < 1.29 is 8.42 Å². The van der Waals surface area contributed by atoms with Crippen LogP contribution in [0.25, 0.3) is 0 Å². The van der Waals surface area contributed by atoms with Gasteiger partial charge in [0.05, 0.1) is 11.5 Å². The average molecular weight is 304 g/mol. The van der Waals surface area contributed by atoms with Crippen molar-refractivity contribution in [1.82, 2.24) is 9.97 Å². The highest BCUT2D eigenvalue weighted by Crippen LogP contribution is 2.24. The number of rotatable bonds is 4. The van der Waals surface area contributed by atoms with Gasteiger partial charge in [0.2, 0.25) is 0 Å². The quantitative estimate of drug-likeness (QED) is 0.862. The van der Waals surface area contributed by atoms with E-state index in [1.807, 2.05) is 0 Å². The minimum atomic E-state index is -2.84. The van der Waals surface area contributed by atoms with Crippen LogP contribution in [0.15, 0.2) is 6.33 Å². The predicted octanol–water partition coefficient (Wildman–Crippen LogP) is 2.07. The largest absolute Gasteiger partial charge is 0.367 e. The molecule has 0 atom stereocenters. The Morgan fingerprint density at radius 2 is 2.05 bits per heavy atom. The van der Waals surface area contributed by atoms with Crippen molar-refractivity contribution >= 4 is 27.3 Å². The highest BCUT2D eigenvalue weighted by molar-refractivity contribution is 7.91. The van der Waals surface area contributed by atoms with Crippen molar-refractivity contribution in [2.75, 3.05) is 16.8 Å². The maximum absolute atomic E-state index is 11.4. The monoisotopic (exact) mass is 303 g/mol. The van der Waals surface area contributed by atoms with Crippen molar-refractivity contribution in [3.63, 3.8) is 0 Å². The highest BCUT2D eigenvalue weighted by atomic mass is 35.5. The molecule has 1 saturated heterocycles. The minimum absolute atomic E-state index is 0.144. The van der Waals surface area contributed by atoms with Crippen LogP contribution in [0.5, 0.6) is 0 Å². The molecule has 1 aliphatic rings. The van der Waals surface area contributed by atoms with Crippen LogP contribution in [0.1, 0.15) is 31.7 Å². The predicted molar refractivity (Wildman–Crippen MR) is 76.3 cm³/mol. The first-order valence-corrected chi connectivity index (χ1v) is 8.68. The van der Waals surface area contributed by atoms with Crippen molar-refractivity contribution in [1.29, 1.82) is 0 Å². The van der Waals surface area contributed by atoms with Gasteiger partial charge in [-0.05, 0) is 19.3 Å². The molecular weight excluding hydrogens is 286 g/mol. The van der Waals surface area contributed by atoms with E-state index in [2.05, 4.69) is 22.2 Å². The van der Waals surface area contributed by atoms with Crippen LogP contribution in [0.2, 0.25) is 5.15 Å². The Balaban J connectivity index is 2.09. The summed E-state index contributed by atoms with van der Waals surface area (Å²) in [5.41, 5.74) is 0.917. The summed E-state index contributed by atoms with van der Waals surface area (Å²) in [4.78, 5) is 8.23. The van der Waals surface area contributed by atoms with Crippen molar-refractivity contribution in [3.05, 3.63) is 17.0 Å². The second-order valence-electron chi connectivity index (χ2n) is 4.81. The zero-order chi connectivity index (χ0) is 13.9. The van der Waals surface area contributed by atoms with E-state index in [4.69, 9.17) is 11.6 Å². The summed E-state index contributed by atoms with van der Waals surface area (Å²) in [6.45, 7) is 2.07. The Labute approximate surface area is 118 Å². The van der Waals surface area contributed by atoms with E-state index in [9.17, 15) is 8.42 Å². The van der Waals surface area contributed by atoms with Crippen LogP contribution in [-0.2, 0) is 16.3 Å². The van der Waals surface area contributed by atoms with Gasteiger partial charge in [-0.25, -0.2) is 18.4 Å². The summed E-state index contributed by atoms with van der Waals surface area (Å²) in [7, 11) is -2.84. The Kier molecular flexibility index (Phi) is 4.62. The van der Waals surface area contributed by atoms with E-state index in [-0.39, 0.29) is 17.5 Å². The third-order valence-corrected chi connectivity index (χ3v) is 5.33. The van der Waals surface area contributed by atoms with Gasteiger partial charge >= 0.3 is 0 Å². The number of sulfone groups is 1. The number of anilines is 1. The molecule has 0 saturated carbocycles. The maximum Gasteiger partial charge on any atom is 0.150 e. The van der Waals surface area contributed by atoms with Gasteiger partial charge < -0.3 is 5.32 Å². The molecule has 1 aromatic heterocycles. The van der Waals surface area contributed by atoms with Gasteiger partial charge in [0.25, 0.3) is 0 Å². The van der Waals surface area contributed by atoms with E-state index in [0.29, 0.717) is 18.0 Å². The molecule has 0 aromatic carbocycles. The molecule has 1 aromatic rings. The average Bonchev–Trinajstić information content (AvgIpc) is 2.36. The van der Waals surface area contributed by atoms with Gasteiger partial charge in [0.1, 0.15) is 27.1 Å². The van der Waals surface area contributed by atoms with Crippen LogP contribution in [0, 0.1) is 0 Å². The third-order valence-electron chi connectivity index (χ3n) is 3.29. The first kappa shape index (κ1) is 14.5. The lowest BCUT2D eigenvalue weighted by Gasteiger charge is -2.24. The fraction of sp³-hybridized carbons (Fsp3) is 0.667. The molecular formula is C12H18ClN3O2S. The smallest absolute Gasteiger partial charge is 0.150 e. The molecule has 106 valence electrons. The molecule has 0 radical (unpaired) electrons. The standard InChI is InChI=1S/C12H18ClN3O2S/c1-2-3-10-11(13)14-8-15-12(10)16-9-4-6-19(17,18)7-5-9/h8-9H,2-7H2,1H3,(H,14,15,16). The third kappa shape index (κ3) is 3.79. The lowest BCUT2D eigenvalue weighted by Crippen LogP contribution is -2.32. The minimum Gasteiger partial charge on any atom is -0.367 e. The van der Waals surface area contributed by atoms with Gasteiger partial charge in [0.15, 0.2) is 0 Å². The molecule has 1 N–H and O–H groups in total.